The van der Waals surface area contributed by atoms with E-state index in [0.29, 0.717) is 40.5 Å². The van der Waals surface area contributed by atoms with Crippen LogP contribution in [0.25, 0.3) is 21.9 Å². The summed E-state index contributed by atoms with van der Waals surface area (Å²) in [6, 6.07) is 14.1. The fourth-order valence-corrected chi connectivity index (χ4v) is 4.74. The number of hydrogen-bond acceptors (Lipinski definition) is 8. The average Bonchev–Trinajstić information content (AvgIpc) is 3.40. The fourth-order valence-electron chi connectivity index (χ4n) is 3.75. The molecule has 3 heterocycles. The third kappa shape index (κ3) is 3.08. The number of para-hydroxylation sites is 2. The molecule has 0 spiro atoms. The van der Waals surface area contributed by atoms with Crippen molar-refractivity contribution in [3.63, 3.8) is 0 Å². The largest absolute Gasteiger partial charge is 0.426 e. The first kappa shape index (κ1) is 20.0. The highest BCUT2D eigenvalue weighted by molar-refractivity contribution is 7.15. The van der Waals surface area contributed by atoms with Crippen molar-refractivity contribution in [1.29, 1.82) is 0 Å². The predicted octanol–water partition coefficient (Wildman–Crippen LogP) is 0.966. The quantitative estimate of drug-likeness (QED) is 0.366. The topological polar surface area (TPSA) is 120 Å². The van der Waals surface area contributed by atoms with Crippen LogP contribution in [0.4, 0.5) is 5.69 Å². The Morgan fingerprint density at radius 1 is 1.09 bits per heavy atom. The van der Waals surface area contributed by atoms with Gasteiger partial charge in [0.1, 0.15) is 10.3 Å². The van der Waals surface area contributed by atoms with Crippen LogP contribution in [0.2, 0.25) is 0 Å². The first-order valence-corrected chi connectivity index (χ1v) is 10.6. The number of ether oxygens (including phenoxy) is 1. The molecule has 160 valence electrons. The van der Waals surface area contributed by atoms with Crippen LogP contribution in [-0.2, 0) is 9.59 Å². The molecule has 0 radical (unpaired) electrons. The molecule has 0 saturated carbocycles. The van der Waals surface area contributed by atoms with Crippen molar-refractivity contribution in [2.45, 2.75) is 6.92 Å². The molecule has 1 aliphatic heterocycles. The maximum atomic E-state index is 13.2. The standard InChI is InChI=1S/C22H17N5O4S/c1-12(28)31-16-9-5-3-7-14(16)19-24-22-27(25-19)21(30)18(32-22)17-13-6-2-4-8-15(13)26(11-10-23)20(17)29/h2-9H,10-11,23H2,1H3. The Kier molecular flexibility index (Phi) is 4.80. The van der Waals surface area contributed by atoms with E-state index in [1.165, 1.54) is 11.4 Å². The number of rotatable bonds is 4. The molecule has 2 N–H and O–H groups in total. The molecule has 2 aromatic carbocycles. The van der Waals surface area contributed by atoms with Gasteiger partial charge in [0.25, 0.3) is 11.5 Å². The van der Waals surface area contributed by atoms with Gasteiger partial charge in [-0.25, -0.2) is 0 Å². The molecule has 1 aliphatic rings. The summed E-state index contributed by atoms with van der Waals surface area (Å²) in [5, 5.41) is 4.33. The van der Waals surface area contributed by atoms with Gasteiger partial charge in [-0.1, -0.05) is 41.7 Å². The van der Waals surface area contributed by atoms with Gasteiger partial charge >= 0.3 is 5.97 Å². The Bertz CT molecular complexity index is 1510. The molecule has 9 nitrogen and oxygen atoms in total. The summed E-state index contributed by atoms with van der Waals surface area (Å²) in [6.07, 6.45) is 0. The van der Waals surface area contributed by atoms with E-state index in [1.54, 1.807) is 29.2 Å². The van der Waals surface area contributed by atoms with Gasteiger partial charge < -0.3 is 15.4 Å². The number of hydrogen-bond donors (Lipinski definition) is 1. The molecule has 0 atom stereocenters. The van der Waals surface area contributed by atoms with Crippen molar-refractivity contribution in [1.82, 2.24) is 14.6 Å². The van der Waals surface area contributed by atoms with E-state index in [4.69, 9.17) is 10.5 Å². The second kappa shape index (κ2) is 7.66. The van der Waals surface area contributed by atoms with E-state index in [0.717, 1.165) is 17.0 Å². The minimum absolute atomic E-state index is 0.254. The van der Waals surface area contributed by atoms with Gasteiger partial charge in [0.15, 0.2) is 5.82 Å². The first-order valence-electron chi connectivity index (χ1n) is 9.82. The van der Waals surface area contributed by atoms with Gasteiger partial charge in [-0.05, 0) is 18.2 Å². The molecule has 32 heavy (non-hydrogen) atoms. The van der Waals surface area contributed by atoms with Crippen LogP contribution < -0.4 is 25.5 Å². The van der Waals surface area contributed by atoms with E-state index in [1.807, 2.05) is 24.3 Å². The predicted molar refractivity (Wildman–Crippen MR) is 119 cm³/mol. The van der Waals surface area contributed by atoms with Gasteiger partial charge in [0.05, 0.1) is 16.8 Å². The molecule has 0 unspecified atom stereocenters. The lowest BCUT2D eigenvalue weighted by atomic mass is 10.1. The molecule has 2 aromatic heterocycles. The van der Waals surface area contributed by atoms with E-state index in [2.05, 4.69) is 10.1 Å². The zero-order chi connectivity index (χ0) is 22.4. The highest BCUT2D eigenvalue weighted by atomic mass is 32.1. The minimum Gasteiger partial charge on any atom is -0.426 e. The van der Waals surface area contributed by atoms with Crippen LogP contribution >= 0.6 is 11.3 Å². The Balaban J connectivity index is 1.69. The number of thiazole rings is 1. The highest BCUT2D eigenvalue weighted by Gasteiger charge is 2.33. The lowest BCUT2D eigenvalue weighted by molar-refractivity contribution is -0.131. The highest BCUT2D eigenvalue weighted by Crippen LogP contribution is 2.35. The fraction of sp³-hybridized carbons (Fsp3) is 0.136. The van der Waals surface area contributed by atoms with E-state index >= 15 is 0 Å². The molecule has 0 aliphatic carbocycles. The molecule has 5 rings (SSSR count). The Morgan fingerprint density at radius 3 is 2.53 bits per heavy atom. The van der Waals surface area contributed by atoms with Crippen molar-refractivity contribution in [3.05, 3.63) is 69.0 Å². The summed E-state index contributed by atoms with van der Waals surface area (Å²) in [4.78, 5) is 44.1. The lowest BCUT2D eigenvalue weighted by Crippen LogP contribution is -2.35. The third-order valence-corrected chi connectivity index (χ3v) is 6.07. The first-order chi connectivity index (χ1) is 15.5. The number of fused-ring (bicyclic) bond motifs is 2. The van der Waals surface area contributed by atoms with Crippen molar-refractivity contribution in [2.24, 2.45) is 5.73 Å². The van der Waals surface area contributed by atoms with Crippen LogP contribution in [0.3, 0.4) is 0 Å². The zero-order valence-electron chi connectivity index (χ0n) is 16.9. The van der Waals surface area contributed by atoms with Crippen LogP contribution in [0.15, 0.2) is 53.3 Å². The number of nitrogens with two attached hydrogens (primary N) is 1. The van der Waals surface area contributed by atoms with Crippen molar-refractivity contribution < 1.29 is 14.3 Å². The van der Waals surface area contributed by atoms with Gasteiger partial charge in [-0.3, -0.25) is 14.4 Å². The summed E-state index contributed by atoms with van der Waals surface area (Å²) in [6.45, 7) is 1.96. The van der Waals surface area contributed by atoms with Gasteiger partial charge in [0, 0.05) is 25.6 Å². The number of carbonyl (C=O) groups is 2. The third-order valence-electron chi connectivity index (χ3n) is 5.04. The number of benzene rings is 2. The summed E-state index contributed by atoms with van der Waals surface area (Å²) < 4.78 is 6.68. The van der Waals surface area contributed by atoms with Gasteiger partial charge in [-0.15, -0.1) is 5.10 Å². The van der Waals surface area contributed by atoms with E-state index in [-0.39, 0.29) is 16.3 Å². The van der Waals surface area contributed by atoms with Crippen LogP contribution in [0.1, 0.15) is 12.5 Å². The number of carbonyl (C=O) groups excluding carboxylic acids is 2. The maximum Gasteiger partial charge on any atom is 0.308 e. The SMILES string of the molecule is CC(=O)Oc1ccccc1-c1nc2sc(=C3C(=O)N(CCN)c4ccccc43)c(=O)n2n1. The summed E-state index contributed by atoms with van der Waals surface area (Å²) in [5.74, 6) is -0.178. The molecule has 0 fully saturated rings. The van der Waals surface area contributed by atoms with Gasteiger partial charge in [0.2, 0.25) is 4.96 Å². The summed E-state index contributed by atoms with van der Waals surface area (Å²) >= 11 is 1.10. The Labute approximate surface area is 185 Å². The monoisotopic (exact) mass is 447 g/mol. The second-order valence-corrected chi connectivity index (χ2v) is 8.07. The molecular weight excluding hydrogens is 430 g/mol. The van der Waals surface area contributed by atoms with Crippen molar-refractivity contribution >= 4 is 39.4 Å². The molecular formula is C22H17N5O4S. The van der Waals surface area contributed by atoms with E-state index < -0.39 is 11.5 Å². The maximum absolute atomic E-state index is 13.2. The normalized spacial score (nSPS) is 14.8. The summed E-state index contributed by atoms with van der Waals surface area (Å²) in [7, 11) is 0. The van der Waals surface area contributed by atoms with Crippen molar-refractivity contribution in [2.75, 3.05) is 18.0 Å². The smallest absolute Gasteiger partial charge is 0.308 e. The summed E-state index contributed by atoms with van der Waals surface area (Å²) in [5.41, 5.74) is 7.49. The Hall–Kier alpha value is -3.89. The minimum atomic E-state index is -0.470. The number of esters is 1. The van der Waals surface area contributed by atoms with Crippen LogP contribution in [-0.4, -0.2) is 39.6 Å². The molecule has 4 aromatic rings. The van der Waals surface area contributed by atoms with Crippen molar-refractivity contribution in [3.8, 4) is 17.1 Å². The molecule has 10 heteroatoms. The number of amides is 1. The molecule has 0 bridgehead atoms. The zero-order valence-corrected chi connectivity index (χ0v) is 17.8. The van der Waals surface area contributed by atoms with Crippen LogP contribution in [0, 0.1) is 0 Å². The molecule has 1 amide bonds. The average molecular weight is 447 g/mol. The van der Waals surface area contributed by atoms with Gasteiger partial charge in [-0.2, -0.15) is 9.50 Å². The lowest BCUT2D eigenvalue weighted by Gasteiger charge is -2.15. The molecule has 0 saturated heterocycles. The second-order valence-electron chi connectivity index (χ2n) is 7.09. The van der Waals surface area contributed by atoms with E-state index in [9.17, 15) is 14.4 Å². The number of nitrogens with zero attached hydrogens (tertiary/aromatic N) is 4. The Morgan fingerprint density at radius 2 is 1.81 bits per heavy atom. The van der Waals surface area contributed by atoms with Crippen LogP contribution in [0.5, 0.6) is 5.75 Å². The number of anilines is 1. The number of aromatic nitrogens is 3.